The van der Waals surface area contributed by atoms with Crippen LogP contribution < -0.4 is 11.1 Å². The van der Waals surface area contributed by atoms with E-state index in [0.717, 1.165) is 0 Å². The molecule has 0 saturated carbocycles. The Balaban J connectivity index is 2.43. The molecule has 1 amide bonds. The van der Waals surface area contributed by atoms with E-state index in [1.54, 1.807) is 6.92 Å². The molecule has 1 rings (SSSR count). The average molecular weight is 229 g/mol. The van der Waals surface area contributed by atoms with Crippen LogP contribution in [0.4, 0.5) is 5.13 Å². The molecule has 0 aromatic carbocycles. The second-order valence-corrected chi connectivity index (χ2v) is 3.95. The number of nitrogens with one attached hydrogen (secondary N) is 1. The highest BCUT2D eigenvalue weighted by Gasteiger charge is 2.13. The number of hydrogen-bond donors (Lipinski definition) is 2. The Bertz CT molecular complexity index is 338. The number of aryl methyl sites for hydroxylation is 1. The van der Waals surface area contributed by atoms with Crippen molar-refractivity contribution in [3.05, 3.63) is 10.6 Å². The number of nitrogens with two attached hydrogens (primary N) is 1. The van der Waals surface area contributed by atoms with E-state index in [9.17, 15) is 4.79 Å². The Morgan fingerprint density at radius 1 is 1.67 bits per heavy atom. The van der Waals surface area contributed by atoms with E-state index >= 15 is 0 Å². The SMILES string of the molecule is CCOCCNC(=O)c1sc(N)nc1C. The minimum absolute atomic E-state index is 0.138. The summed E-state index contributed by atoms with van der Waals surface area (Å²) in [6.45, 7) is 5.36. The quantitative estimate of drug-likeness (QED) is 0.732. The summed E-state index contributed by atoms with van der Waals surface area (Å²) in [5.41, 5.74) is 6.17. The van der Waals surface area contributed by atoms with Gasteiger partial charge in [-0.15, -0.1) is 0 Å². The van der Waals surface area contributed by atoms with Crippen LogP contribution in [0.15, 0.2) is 0 Å². The van der Waals surface area contributed by atoms with E-state index in [0.29, 0.717) is 35.5 Å². The lowest BCUT2D eigenvalue weighted by Crippen LogP contribution is -2.27. The first-order chi connectivity index (χ1) is 7.15. The van der Waals surface area contributed by atoms with E-state index in [1.165, 1.54) is 11.3 Å². The fraction of sp³-hybridized carbons (Fsp3) is 0.556. The van der Waals surface area contributed by atoms with Gasteiger partial charge in [0.05, 0.1) is 12.3 Å². The number of nitrogen functional groups attached to an aromatic ring is 1. The number of rotatable bonds is 5. The molecule has 0 aliphatic rings. The fourth-order valence-electron chi connectivity index (χ4n) is 1.09. The van der Waals surface area contributed by atoms with Crippen LogP contribution in [0.2, 0.25) is 0 Å². The number of carbonyl (C=O) groups is 1. The van der Waals surface area contributed by atoms with Gasteiger partial charge in [0.25, 0.3) is 5.91 Å². The molecule has 6 heteroatoms. The Morgan fingerprint density at radius 2 is 2.40 bits per heavy atom. The van der Waals surface area contributed by atoms with Crippen molar-refractivity contribution >= 4 is 22.4 Å². The molecule has 0 atom stereocenters. The molecule has 0 unspecified atom stereocenters. The first kappa shape index (κ1) is 11.9. The molecule has 84 valence electrons. The minimum atomic E-state index is -0.138. The number of hydrogen-bond acceptors (Lipinski definition) is 5. The first-order valence-electron chi connectivity index (χ1n) is 4.74. The minimum Gasteiger partial charge on any atom is -0.380 e. The highest BCUT2D eigenvalue weighted by molar-refractivity contribution is 7.17. The van der Waals surface area contributed by atoms with Gasteiger partial charge < -0.3 is 15.8 Å². The van der Waals surface area contributed by atoms with Crippen LogP contribution >= 0.6 is 11.3 Å². The van der Waals surface area contributed by atoms with Crippen molar-refractivity contribution in [2.45, 2.75) is 13.8 Å². The Hall–Kier alpha value is -1.14. The van der Waals surface area contributed by atoms with Gasteiger partial charge in [-0.05, 0) is 13.8 Å². The molecule has 0 radical (unpaired) electrons. The van der Waals surface area contributed by atoms with Gasteiger partial charge in [-0.25, -0.2) is 4.98 Å². The number of nitrogens with zero attached hydrogens (tertiary/aromatic N) is 1. The highest BCUT2D eigenvalue weighted by Crippen LogP contribution is 2.18. The maximum absolute atomic E-state index is 11.6. The third-order valence-electron chi connectivity index (χ3n) is 1.76. The average Bonchev–Trinajstić information content (AvgIpc) is 2.52. The van der Waals surface area contributed by atoms with Crippen molar-refractivity contribution in [2.75, 3.05) is 25.5 Å². The number of aromatic nitrogens is 1. The van der Waals surface area contributed by atoms with E-state index in [-0.39, 0.29) is 5.91 Å². The Morgan fingerprint density at radius 3 is 2.93 bits per heavy atom. The van der Waals surface area contributed by atoms with Crippen LogP contribution in [0.1, 0.15) is 22.3 Å². The second kappa shape index (κ2) is 5.67. The topological polar surface area (TPSA) is 77.2 Å². The highest BCUT2D eigenvalue weighted by atomic mass is 32.1. The Kier molecular flexibility index (Phi) is 4.51. The predicted octanol–water partition coefficient (Wildman–Crippen LogP) is 0.800. The van der Waals surface area contributed by atoms with E-state index in [2.05, 4.69) is 10.3 Å². The van der Waals surface area contributed by atoms with Crippen LogP contribution in [-0.4, -0.2) is 30.6 Å². The fourth-order valence-corrected chi connectivity index (χ4v) is 1.84. The summed E-state index contributed by atoms with van der Waals surface area (Å²) in [4.78, 5) is 16.1. The summed E-state index contributed by atoms with van der Waals surface area (Å²) in [7, 11) is 0. The summed E-state index contributed by atoms with van der Waals surface area (Å²) < 4.78 is 5.10. The second-order valence-electron chi connectivity index (χ2n) is 2.92. The molecule has 1 aromatic heterocycles. The normalized spacial score (nSPS) is 10.3. The van der Waals surface area contributed by atoms with Crippen molar-refractivity contribution < 1.29 is 9.53 Å². The third-order valence-corrected chi connectivity index (χ3v) is 2.74. The lowest BCUT2D eigenvalue weighted by atomic mass is 10.4. The van der Waals surface area contributed by atoms with Gasteiger partial charge in [-0.3, -0.25) is 4.79 Å². The third kappa shape index (κ3) is 3.49. The molecule has 1 aromatic rings. The number of ether oxygens (including phenoxy) is 1. The molecule has 15 heavy (non-hydrogen) atoms. The standard InChI is InChI=1S/C9H15N3O2S/c1-3-14-5-4-11-8(13)7-6(2)12-9(10)15-7/h3-5H2,1-2H3,(H2,10,12)(H,11,13). The zero-order valence-corrected chi connectivity index (χ0v) is 9.69. The van der Waals surface area contributed by atoms with Crippen LogP contribution in [0, 0.1) is 6.92 Å². The van der Waals surface area contributed by atoms with Gasteiger partial charge in [-0.2, -0.15) is 0 Å². The van der Waals surface area contributed by atoms with E-state index < -0.39 is 0 Å². The van der Waals surface area contributed by atoms with Crippen molar-refractivity contribution in [3.8, 4) is 0 Å². The van der Waals surface area contributed by atoms with Crippen LogP contribution in [0.5, 0.6) is 0 Å². The molecule has 3 N–H and O–H groups in total. The largest absolute Gasteiger partial charge is 0.380 e. The number of thiazole rings is 1. The maximum atomic E-state index is 11.6. The van der Waals surface area contributed by atoms with Gasteiger partial charge in [-0.1, -0.05) is 11.3 Å². The summed E-state index contributed by atoms with van der Waals surface area (Å²) in [6, 6.07) is 0. The predicted molar refractivity (Wildman–Crippen MR) is 60.1 cm³/mol. The van der Waals surface area contributed by atoms with E-state index in [1.807, 2.05) is 6.92 Å². The summed E-state index contributed by atoms with van der Waals surface area (Å²) in [5.74, 6) is -0.138. The first-order valence-corrected chi connectivity index (χ1v) is 5.55. The molecule has 0 spiro atoms. The van der Waals surface area contributed by atoms with Crippen LogP contribution in [-0.2, 0) is 4.74 Å². The maximum Gasteiger partial charge on any atom is 0.263 e. The summed E-state index contributed by atoms with van der Waals surface area (Å²) in [6.07, 6.45) is 0. The van der Waals surface area contributed by atoms with Crippen molar-refractivity contribution in [3.63, 3.8) is 0 Å². The monoisotopic (exact) mass is 229 g/mol. The van der Waals surface area contributed by atoms with Crippen molar-refractivity contribution in [1.29, 1.82) is 0 Å². The van der Waals surface area contributed by atoms with Crippen molar-refractivity contribution in [2.24, 2.45) is 0 Å². The lowest BCUT2D eigenvalue weighted by Gasteiger charge is -2.03. The zero-order chi connectivity index (χ0) is 11.3. The molecule has 0 fully saturated rings. The summed E-state index contributed by atoms with van der Waals surface area (Å²) >= 11 is 1.20. The molecular formula is C9H15N3O2S. The molecular weight excluding hydrogens is 214 g/mol. The number of amides is 1. The van der Waals surface area contributed by atoms with Gasteiger partial charge in [0.2, 0.25) is 0 Å². The summed E-state index contributed by atoms with van der Waals surface area (Å²) in [5, 5.41) is 3.16. The molecule has 5 nitrogen and oxygen atoms in total. The smallest absolute Gasteiger partial charge is 0.263 e. The van der Waals surface area contributed by atoms with Gasteiger partial charge >= 0.3 is 0 Å². The molecule has 0 aliphatic carbocycles. The van der Waals surface area contributed by atoms with Crippen LogP contribution in [0.25, 0.3) is 0 Å². The molecule has 0 bridgehead atoms. The molecule has 1 heterocycles. The lowest BCUT2D eigenvalue weighted by molar-refractivity contribution is 0.0926. The number of carbonyl (C=O) groups excluding carboxylic acids is 1. The van der Waals surface area contributed by atoms with Gasteiger partial charge in [0.15, 0.2) is 5.13 Å². The number of anilines is 1. The van der Waals surface area contributed by atoms with Gasteiger partial charge in [0.1, 0.15) is 4.88 Å². The van der Waals surface area contributed by atoms with E-state index in [4.69, 9.17) is 10.5 Å². The van der Waals surface area contributed by atoms with Gasteiger partial charge in [0, 0.05) is 13.2 Å². The van der Waals surface area contributed by atoms with Crippen molar-refractivity contribution in [1.82, 2.24) is 10.3 Å². The zero-order valence-electron chi connectivity index (χ0n) is 8.87. The molecule has 0 saturated heterocycles. The molecule has 0 aliphatic heterocycles. The Labute approximate surface area is 92.6 Å². The van der Waals surface area contributed by atoms with Crippen LogP contribution in [0.3, 0.4) is 0 Å².